The highest BCUT2D eigenvalue weighted by Crippen LogP contribution is 2.27. The van der Waals surface area contributed by atoms with Crippen LogP contribution in [0, 0.1) is 0 Å². The maximum Gasteiger partial charge on any atom is 0.262 e. The van der Waals surface area contributed by atoms with Crippen molar-refractivity contribution in [3.63, 3.8) is 0 Å². The summed E-state index contributed by atoms with van der Waals surface area (Å²) >= 11 is 0. The van der Waals surface area contributed by atoms with Crippen molar-refractivity contribution in [2.45, 2.75) is 37.8 Å². The predicted octanol–water partition coefficient (Wildman–Crippen LogP) is 1.93. The fourth-order valence-electron chi connectivity index (χ4n) is 1.46. The highest BCUT2D eigenvalue weighted by Gasteiger charge is 2.34. The van der Waals surface area contributed by atoms with Crippen LogP contribution in [0.2, 0.25) is 0 Å². The molecule has 0 saturated heterocycles. The van der Waals surface area contributed by atoms with Crippen molar-refractivity contribution in [3.8, 4) is 0 Å². The van der Waals surface area contributed by atoms with Crippen LogP contribution in [0.25, 0.3) is 0 Å². The number of nitrogens with one attached hydrogen (secondary N) is 1. The van der Waals surface area contributed by atoms with E-state index in [1.54, 1.807) is 26.2 Å². The standard InChI is InChI=1S/C12H21N3O2S/c1-6-12(2,3)15(5)18(16,17)11-10(13-4)8-7-9-14-11/h7-9,13H,6H2,1-5H3. The molecule has 1 N–H and O–H groups in total. The Balaban J connectivity index is 3.30. The van der Waals surface area contributed by atoms with Gasteiger partial charge in [-0.2, -0.15) is 4.31 Å². The second-order valence-corrected chi connectivity index (χ2v) is 6.63. The van der Waals surface area contributed by atoms with Gasteiger partial charge in [0.1, 0.15) is 0 Å². The molecule has 0 fully saturated rings. The van der Waals surface area contributed by atoms with E-state index < -0.39 is 15.6 Å². The van der Waals surface area contributed by atoms with Crippen LogP contribution in [0.1, 0.15) is 27.2 Å². The maximum atomic E-state index is 12.5. The van der Waals surface area contributed by atoms with E-state index in [1.807, 2.05) is 20.8 Å². The van der Waals surface area contributed by atoms with Crippen LogP contribution in [0.15, 0.2) is 23.4 Å². The van der Waals surface area contributed by atoms with Gasteiger partial charge in [0.15, 0.2) is 5.03 Å². The molecule has 0 bridgehead atoms. The second kappa shape index (κ2) is 5.24. The second-order valence-electron chi connectivity index (χ2n) is 4.74. The van der Waals surface area contributed by atoms with E-state index in [1.165, 1.54) is 10.5 Å². The molecule has 0 spiro atoms. The lowest BCUT2D eigenvalue weighted by Gasteiger charge is -2.33. The zero-order valence-electron chi connectivity index (χ0n) is 11.6. The van der Waals surface area contributed by atoms with Crippen LogP contribution in [-0.2, 0) is 10.0 Å². The summed E-state index contributed by atoms with van der Waals surface area (Å²) < 4.78 is 26.5. The van der Waals surface area contributed by atoms with E-state index in [9.17, 15) is 8.42 Å². The maximum absolute atomic E-state index is 12.5. The number of sulfonamides is 1. The molecule has 0 atom stereocenters. The highest BCUT2D eigenvalue weighted by molar-refractivity contribution is 7.89. The fourth-order valence-corrected chi connectivity index (χ4v) is 3.15. The third-order valence-corrected chi connectivity index (χ3v) is 5.39. The van der Waals surface area contributed by atoms with Crippen molar-refractivity contribution in [1.29, 1.82) is 0 Å². The molecule has 0 radical (unpaired) electrons. The smallest absolute Gasteiger partial charge is 0.262 e. The zero-order valence-corrected chi connectivity index (χ0v) is 12.4. The number of aromatic nitrogens is 1. The number of anilines is 1. The molecule has 0 aliphatic carbocycles. The van der Waals surface area contributed by atoms with Crippen LogP contribution in [0.3, 0.4) is 0 Å². The quantitative estimate of drug-likeness (QED) is 0.889. The SMILES string of the molecule is CCC(C)(C)N(C)S(=O)(=O)c1ncccc1NC. The van der Waals surface area contributed by atoms with E-state index in [0.717, 1.165) is 6.42 Å². The molecule has 102 valence electrons. The molecule has 5 nitrogen and oxygen atoms in total. The number of pyridine rings is 1. The third kappa shape index (κ3) is 2.64. The van der Waals surface area contributed by atoms with Crippen molar-refractivity contribution < 1.29 is 8.42 Å². The summed E-state index contributed by atoms with van der Waals surface area (Å²) in [7, 11) is -0.320. The fraction of sp³-hybridized carbons (Fsp3) is 0.583. The van der Waals surface area contributed by atoms with E-state index in [2.05, 4.69) is 10.3 Å². The van der Waals surface area contributed by atoms with Crippen LogP contribution >= 0.6 is 0 Å². The Kier molecular flexibility index (Phi) is 4.34. The third-order valence-electron chi connectivity index (χ3n) is 3.36. The summed E-state index contributed by atoms with van der Waals surface area (Å²) in [5.74, 6) is 0. The van der Waals surface area contributed by atoms with Gasteiger partial charge in [-0.15, -0.1) is 0 Å². The minimum absolute atomic E-state index is 0.0662. The molecule has 0 saturated carbocycles. The van der Waals surface area contributed by atoms with Crippen molar-refractivity contribution >= 4 is 15.7 Å². The highest BCUT2D eigenvalue weighted by atomic mass is 32.2. The van der Waals surface area contributed by atoms with E-state index >= 15 is 0 Å². The Morgan fingerprint density at radius 1 is 1.44 bits per heavy atom. The summed E-state index contributed by atoms with van der Waals surface area (Å²) in [5, 5.41) is 2.92. The summed E-state index contributed by atoms with van der Waals surface area (Å²) in [6.07, 6.45) is 2.21. The molecule has 6 heteroatoms. The lowest BCUT2D eigenvalue weighted by atomic mass is 10.0. The van der Waals surface area contributed by atoms with Gasteiger partial charge in [-0.05, 0) is 32.4 Å². The first-order valence-corrected chi connectivity index (χ1v) is 7.33. The average Bonchev–Trinajstić information content (AvgIpc) is 2.37. The van der Waals surface area contributed by atoms with E-state index in [4.69, 9.17) is 0 Å². The predicted molar refractivity (Wildman–Crippen MR) is 73.1 cm³/mol. The number of hydrogen-bond acceptors (Lipinski definition) is 4. The average molecular weight is 271 g/mol. The van der Waals surface area contributed by atoms with Crippen LogP contribution in [0.5, 0.6) is 0 Å². The summed E-state index contributed by atoms with van der Waals surface area (Å²) in [5.41, 5.74) is 0.0673. The number of nitrogens with zero attached hydrogens (tertiary/aromatic N) is 2. The molecule has 1 aromatic heterocycles. The van der Waals surface area contributed by atoms with Crippen LogP contribution < -0.4 is 5.32 Å². The molecule has 0 aromatic carbocycles. The van der Waals surface area contributed by atoms with Crippen molar-refractivity contribution in [2.75, 3.05) is 19.4 Å². The molecule has 1 rings (SSSR count). The molecule has 0 unspecified atom stereocenters. The first-order chi connectivity index (χ1) is 8.27. The van der Waals surface area contributed by atoms with Crippen molar-refractivity contribution in [2.24, 2.45) is 0 Å². The van der Waals surface area contributed by atoms with Gasteiger partial charge in [-0.1, -0.05) is 6.92 Å². The summed E-state index contributed by atoms with van der Waals surface area (Å²) in [6.45, 7) is 5.75. The molecule has 0 aliphatic heterocycles. The monoisotopic (exact) mass is 271 g/mol. The van der Waals surface area contributed by atoms with Gasteiger partial charge in [-0.25, -0.2) is 13.4 Å². The van der Waals surface area contributed by atoms with Gasteiger partial charge in [0, 0.05) is 25.8 Å². The molecule has 0 aliphatic rings. The normalized spacial score (nSPS) is 12.8. The Bertz CT molecular complexity index is 512. The minimum Gasteiger partial charge on any atom is -0.386 e. The largest absolute Gasteiger partial charge is 0.386 e. The first kappa shape index (κ1) is 14.9. The Hall–Kier alpha value is -1.14. The molecule has 1 heterocycles. The van der Waals surface area contributed by atoms with Gasteiger partial charge >= 0.3 is 0 Å². The van der Waals surface area contributed by atoms with Gasteiger partial charge in [0.2, 0.25) is 0 Å². The Morgan fingerprint density at radius 3 is 2.56 bits per heavy atom. The van der Waals surface area contributed by atoms with Gasteiger partial charge in [0.25, 0.3) is 10.0 Å². The minimum atomic E-state index is -3.59. The molecule has 1 aromatic rings. The van der Waals surface area contributed by atoms with Crippen LogP contribution in [-0.4, -0.2) is 37.3 Å². The molecule has 0 amide bonds. The summed E-state index contributed by atoms with van der Waals surface area (Å²) in [6, 6.07) is 3.41. The Labute approximate surface area is 109 Å². The van der Waals surface area contributed by atoms with Gasteiger partial charge < -0.3 is 5.32 Å². The van der Waals surface area contributed by atoms with Crippen molar-refractivity contribution in [3.05, 3.63) is 18.3 Å². The number of rotatable bonds is 5. The first-order valence-electron chi connectivity index (χ1n) is 5.89. The Morgan fingerprint density at radius 2 is 2.06 bits per heavy atom. The van der Waals surface area contributed by atoms with Crippen LogP contribution in [0.4, 0.5) is 5.69 Å². The lowest BCUT2D eigenvalue weighted by Crippen LogP contribution is -2.44. The molecular formula is C12H21N3O2S. The van der Waals surface area contributed by atoms with E-state index in [0.29, 0.717) is 5.69 Å². The molecule has 18 heavy (non-hydrogen) atoms. The molecular weight excluding hydrogens is 250 g/mol. The topological polar surface area (TPSA) is 62.3 Å². The van der Waals surface area contributed by atoms with Gasteiger partial charge in [-0.3, -0.25) is 0 Å². The summed E-state index contributed by atoms with van der Waals surface area (Å²) in [4.78, 5) is 4.00. The van der Waals surface area contributed by atoms with E-state index in [-0.39, 0.29) is 5.03 Å². The lowest BCUT2D eigenvalue weighted by molar-refractivity contribution is 0.256. The zero-order chi connectivity index (χ0) is 14.0. The number of hydrogen-bond donors (Lipinski definition) is 1. The van der Waals surface area contributed by atoms with Gasteiger partial charge in [0.05, 0.1) is 5.69 Å². The van der Waals surface area contributed by atoms with Crippen molar-refractivity contribution in [1.82, 2.24) is 9.29 Å².